The lowest BCUT2D eigenvalue weighted by molar-refractivity contribution is -0.134. The zero-order valence-corrected chi connectivity index (χ0v) is 17.3. The van der Waals surface area contributed by atoms with Crippen molar-refractivity contribution in [2.24, 2.45) is 0 Å². The molecule has 0 radical (unpaired) electrons. The Balaban J connectivity index is 1.81. The molecule has 1 fully saturated rings. The average Bonchev–Trinajstić information content (AvgIpc) is 2.95. The van der Waals surface area contributed by atoms with E-state index in [1.807, 2.05) is 37.3 Å². The molecule has 3 rings (SSSR count). The lowest BCUT2D eigenvalue weighted by Gasteiger charge is -2.27. The number of hydrogen-bond donors (Lipinski definition) is 2. The number of imide groups is 1. The quantitative estimate of drug-likeness (QED) is 0.667. The van der Waals surface area contributed by atoms with Crippen LogP contribution in [0.2, 0.25) is 5.02 Å². The SMILES string of the molecule is CCCCC1(c2ccccc2)NC(=O)N(CC(=O)Nc2cccc(Cl)c2C)C1=O. The number of carbonyl (C=O) groups is 3. The van der Waals surface area contributed by atoms with Crippen molar-refractivity contribution < 1.29 is 14.4 Å². The summed E-state index contributed by atoms with van der Waals surface area (Å²) >= 11 is 6.09. The number of nitrogens with one attached hydrogen (secondary N) is 2. The molecule has 1 saturated heterocycles. The highest BCUT2D eigenvalue weighted by Gasteiger charge is 2.52. The first kappa shape index (κ1) is 20.9. The maximum atomic E-state index is 13.3. The number of unbranched alkanes of at least 4 members (excludes halogenated alkanes) is 1. The zero-order chi connectivity index (χ0) is 21.0. The van der Waals surface area contributed by atoms with Crippen LogP contribution in [0.25, 0.3) is 0 Å². The Hall–Kier alpha value is -2.86. The Bertz CT molecular complexity index is 932. The summed E-state index contributed by atoms with van der Waals surface area (Å²) in [6, 6.07) is 13.8. The fraction of sp³-hybridized carbons (Fsp3) is 0.318. The van der Waals surface area contributed by atoms with Gasteiger partial charge >= 0.3 is 6.03 Å². The van der Waals surface area contributed by atoms with Gasteiger partial charge in [-0.1, -0.05) is 67.8 Å². The average molecular weight is 414 g/mol. The molecule has 2 aromatic carbocycles. The van der Waals surface area contributed by atoms with Crippen LogP contribution < -0.4 is 10.6 Å². The molecule has 0 spiro atoms. The summed E-state index contributed by atoms with van der Waals surface area (Å²) < 4.78 is 0. The summed E-state index contributed by atoms with van der Waals surface area (Å²) in [5, 5.41) is 6.10. The molecule has 2 N–H and O–H groups in total. The second-order valence-electron chi connectivity index (χ2n) is 7.16. The molecule has 0 aliphatic carbocycles. The number of urea groups is 1. The van der Waals surface area contributed by atoms with Gasteiger partial charge in [0, 0.05) is 10.7 Å². The Morgan fingerprint density at radius 1 is 1.14 bits per heavy atom. The normalized spacial score (nSPS) is 18.7. The summed E-state index contributed by atoms with van der Waals surface area (Å²) in [6.45, 7) is 3.45. The molecule has 1 aliphatic rings. The van der Waals surface area contributed by atoms with E-state index in [1.165, 1.54) is 0 Å². The summed E-state index contributed by atoms with van der Waals surface area (Å²) in [6.07, 6.45) is 2.12. The first-order valence-electron chi connectivity index (χ1n) is 9.63. The number of nitrogens with zero attached hydrogens (tertiary/aromatic N) is 1. The van der Waals surface area contributed by atoms with Gasteiger partial charge in [-0.05, 0) is 36.6 Å². The van der Waals surface area contributed by atoms with Crippen molar-refractivity contribution in [3.8, 4) is 0 Å². The van der Waals surface area contributed by atoms with Gasteiger partial charge in [-0.15, -0.1) is 0 Å². The van der Waals surface area contributed by atoms with Gasteiger partial charge in [0.15, 0.2) is 0 Å². The van der Waals surface area contributed by atoms with Crippen LogP contribution in [-0.4, -0.2) is 29.3 Å². The number of rotatable bonds is 7. The second kappa shape index (κ2) is 8.66. The molecule has 4 amide bonds. The van der Waals surface area contributed by atoms with Crippen LogP contribution in [0.1, 0.15) is 37.3 Å². The fourth-order valence-electron chi connectivity index (χ4n) is 3.52. The van der Waals surface area contributed by atoms with Crippen molar-refractivity contribution in [3.63, 3.8) is 0 Å². The molecular weight excluding hydrogens is 390 g/mol. The van der Waals surface area contributed by atoms with E-state index < -0.39 is 23.4 Å². The highest BCUT2D eigenvalue weighted by molar-refractivity contribution is 6.31. The summed E-state index contributed by atoms with van der Waals surface area (Å²) in [5.74, 6) is -0.863. The highest BCUT2D eigenvalue weighted by Crippen LogP contribution is 2.34. The molecule has 1 atom stereocenters. The minimum atomic E-state index is -1.14. The van der Waals surface area contributed by atoms with Crippen molar-refractivity contribution in [1.82, 2.24) is 10.2 Å². The van der Waals surface area contributed by atoms with E-state index in [4.69, 9.17) is 11.6 Å². The number of anilines is 1. The standard InChI is InChI=1S/C22H24ClN3O3/c1-3-4-13-22(16-9-6-5-7-10-16)20(28)26(21(29)25-22)14-19(27)24-18-12-8-11-17(23)15(18)2/h5-12H,3-4,13-14H2,1-2H3,(H,24,27)(H,25,29). The Morgan fingerprint density at radius 2 is 1.86 bits per heavy atom. The highest BCUT2D eigenvalue weighted by atomic mass is 35.5. The van der Waals surface area contributed by atoms with E-state index in [2.05, 4.69) is 10.6 Å². The lowest BCUT2D eigenvalue weighted by Crippen LogP contribution is -2.44. The Kier molecular flexibility index (Phi) is 6.23. The minimum Gasteiger partial charge on any atom is -0.324 e. The predicted octanol–water partition coefficient (Wildman–Crippen LogP) is 4.22. The Morgan fingerprint density at radius 3 is 2.55 bits per heavy atom. The summed E-state index contributed by atoms with van der Waals surface area (Å²) in [5.41, 5.74) is 0.859. The van der Waals surface area contributed by atoms with Gasteiger partial charge in [0.2, 0.25) is 5.91 Å². The van der Waals surface area contributed by atoms with Gasteiger partial charge in [-0.25, -0.2) is 4.79 Å². The molecule has 29 heavy (non-hydrogen) atoms. The van der Waals surface area contributed by atoms with E-state index in [0.717, 1.165) is 28.9 Å². The summed E-state index contributed by atoms with van der Waals surface area (Å²) in [4.78, 5) is 39.5. The van der Waals surface area contributed by atoms with Crippen LogP contribution in [0.4, 0.5) is 10.5 Å². The van der Waals surface area contributed by atoms with Gasteiger partial charge in [-0.2, -0.15) is 0 Å². The van der Waals surface area contributed by atoms with Gasteiger partial charge < -0.3 is 10.6 Å². The van der Waals surface area contributed by atoms with E-state index in [9.17, 15) is 14.4 Å². The number of hydrogen-bond acceptors (Lipinski definition) is 3. The van der Waals surface area contributed by atoms with Crippen molar-refractivity contribution in [1.29, 1.82) is 0 Å². The summed E-state index contributed by atoms with van der Waals surface area (Å²) in [7, 11) is 0. The fourth-order valence-corrected chi connectivity index (χ4v) is 3.69. The van der Waals surface area contributed by atoms with Gasteiger partial charge in [0.25, 0.3) is 5.91 Å². The van der Waals surface area contributed by atoms with Crippen molar-refractivity contribution in [3.05, 3.63) is 64.7 Å². The molecule has 152 valence electrons. The smallest absolute Gasteiger partial charge is 0.324 e. The van der Waals surface area contributed by atoms with Crippen LogP contribution in [0, 0.1) is 6.92 Å². The van der Waals surface area contributed by atoms with Gasteiger partial charge in [0.05, 0.1) is 0 Å². The molecule has 0 saturated carbocycles. The molecule has 1 aliphatic heterocycles. The topological polar surface area (TPSA) is 78.5 Å². The third kappa shape index (κ3) is 4.12. The number of amides is 4. The van der Waals surface area contributed by atoms with Gasteiger partial charge in [-0.3, -0.25) is 14.5 Å². The molecule has 0 bridgehead atoms. The van der Waals surface area contributed by atoms with Crippen molar-refractivity contribution in [2.75, 3.05) is 11.9 Å². The monoisotopic (exact) mass is 413 g/mol. The molecule has 1 unspecified atom stereocenters. The van der Waals surface area contributed by atoms with E-state index >= 15 is 0 Å². The third-order valence-electron chi connectivity index (χ3n) is 5.19. The maximum absolute atomic E-state index is 13.3. The van der Waals surface area contributed by atoms with Crippen LogP contribution >= 0.6 is 11.6 Å². The molecule has 7 heteroatoms. The third-order valence-corrected chi connectivity index (χ3v) is 5.60. The minimum absolute atomic E-state index is 0.364. The van der Waals surface area contributed by atoms with Crippen molar-refractivity contribution in [2.45, 2.75) is 38.6 Å². The lowest BCUT2D eigenvalue weighted by atomic mass is 9.85. The molecule has 0 aromatic heterocycles. The molecule has 6 nitrogen and oxygen atoms in total. The predicted molar refractivity (Wildman–Crippen MR) is 113 cm³/mol. The van der Waals surface area contributed by atoms with Crippen LogP contribution in [0.5, 0.6) is 0 Å². The maximum Gasteiger partial charge on any atom is 0.325 e. The first-order valence-corrected chi connectivity index (χ1v) is 10.0. The number of benzene rings is 2. The van der Waals surface area contributed by atoms with Crippen LogP contribution in [0.15, 0.2) is 48.5 Å². The second-order valence-corrected chi connectivity index (χ2v) is 7.56. The van der Waals surface area contributed by atoms with Gasteiger partial charge in [0.1, 0.15) is 12.1 Å². The van der Waals surface area contributed by atoms with Crippen molar-refractivity contribution >= 4 is 35.1 Å². The Labute approximate surface area is 175 Å². The van der Waals surface area contributed by atoms with E-state index in [1.54, 1.807) is 25.1 Å². The molecule has 1 heterocycles. The van der Waals surface area contributed by atoms with Crippen LogP contribution in [0.3, 0.4) is 0 Å². The number of carbonyl (C=O) groups excluding carboxylic acids is 3. The first-order chi connectivity index (χ1) is 13.9. The largest absolute Gasteiger partial charge is 0.325 e. The molecule has 2 aromatic rings. The molecular formula is C22H24ClN3O3. The zero-order valence-electron chi connectivity index (χ0n) is 16.5. The number of halogens is 1. The van der Waals surface area contributed by atoms with Crippen LogP contribution in [-0.2, 0) is 15.1 Å². The van der Waals surface area contributed by atoms with E-state index in [0.29, 0.717) is 17.1 Å². The van der Waals surface area contributed by atoms with E-state index in [-0.39, 0.29) is 6.54 Å².